The molecule has 0 bridgehead atoms. The van der Waals surface area contributed by atoms with E-state index in [-0.39, 0.29) is 5.56 Å². The van der Waals surface area contributed by atoms with E-state index in [1.807, 2.05) is 50.4 Å². The first-order valence-electron chi connectivity index (χ1n) is 8.23. The van der Waals surface area contributed by atoms with Crippen molar-refractivity contribution in [3.8, 4) is 5.69 Å². The van der Waals surface area contributed by atoms with Gasteiger partial charge in [-0.1, -0.05) is 31.7 Å². The molecule has 1 aromatic carbocycles. The van der Waals surface area contributed by atoms with Crippen molar-refractivity contribution in [1.82, 2.24) is 14.9 Å². The van der Waals surface area contributed by atoms with Gasteiger partial charge < -0.3 is 5.32 Å². The Hall–Kier alpha value is -2.66. The average molecular weight is 351 g/mol. The summed E-state index contributed by atoms with van der Waals surface area (Å²) in [6.45, 7) is 8.17. The highest BCUT2D eigenvalue weighted by Gasteiger charge is 2.11. The lowest BCUT2D eigenvalue weighted by Gasteiger charge is -2.06. The number of allylic oxidation sites excluding steroid dienone is 1. The number of hydrogen-bond acceptors (Lipinski definition) is 4. The van der Waals surface area contributed by atoms with Gasteiger partial charge in [0, 0.05) is 22.5 Å². The van der Waals surface area contributed by atoms with Crippen LogP contribution in [0.25, 0.3) is 28.2 Å². The lowest BCUT2D eigenvalue weighted by Crippen LogP contribution is -2.26. The maximum atomic E-state index is 13.0. The Kier molecular flexibility index (Phi) is 4.86. The molecule has 0 saturated heterocycles. The molecule has 0 aliphatic heterocycles. The number of nitrogens with zero attached hydrogens (tertiary/aromatic N) is 2. The first-order valence-corrected chi connectivity index (χ1v) is 9.05. The van der Waals surface area contributed by atoms with Gasteiger partial charge in [-0.3, -0.25) is 9.36 Å². The molecule has 0 aliphatic carbocycles. The summed E-state index contributed by atoms with van der Waals surface area (Å²) < 4.78 is 3.05. The Morgan fingerprint density at radius 3 is 2.68 bits per heavy atom. The summed E-state index contributed by atoms with van der Waals surface area (Å²) in [5, 5.41) is 4.06. The average Bonchev–Trinajstić information content (AvgIpc) is 2.97. The van der Waals surface area contributed by atoms with Gasteiger partial charge in [0.1, 0.15) is 11.0 Å². The number of hydrogen-bond donors (Lipinski definition) is 1. The first kappa shape index (κ1) is 17.2. The highest BCUT2D eigenvalue weighted by molar-refractivity contribution is 7.16. The molecule has 0 aliphatic rings. The van der Waals surface area contributed by atoms with Crippen LogP contribution in [-0.4, -0.2) is 16.6 Å². The van der Waals surface area contributed by atoms with Crippen molar-refractivity contribution in [1.29, 1.82) is 0 Å². The summed E-state index contributed by atoms with van der Waals surface area (Å²) in [6.07, 6.45) is 6.49. The molecule has 0 amide bonds. The Morgan fingerprint density at radius 2 is 2.08 bits per heavy atom. The highest BCUT2D eigenvalue weighted by atomic mass is 32.1. The molecule has 1 N–H and O–H groups in total. The van der Waals surface area contributed by atoms with Gasteiger partial charge in [-0.15, -0.1) is 11.3 Å². The summed E-state index contributed by atoms with van der Waals surface area (Å²) in [4.78, 5) is 17.5. The Morgan fingerprint density at radius 1 is 1.36 bits per heavy atom. The van der Waals surface area contributed by atoms with Crippen LogP contribution in [0.4, 0.5) is 0 Å². The van der Waals surface area contributed by atoms with Crippen LogP contribution in [0.3, 0.4) is 0 Å². The minimum absolute atomic E-state index is 0.0636. The van der Waals surface area contributed by atoms with Gasteiger partial charge >= 0.3 is 0 Å². The van der Waals surface area contributed by atoms with E-state index in [1.165, 1.54) is 16.9 Å². The van der Waals surface area contributed by atoms with Crippen molar-refractivity contribution in [3.63, 3.8) is 0 Å². The molecule has 0 radical (unpaired) electrons. The number of thiophene rings is 1. The Bertz CT molecular complexity index is 1100. The fourth-order valence-electron chi connectivity index (χ4n) is 2.83. The molecule has 4 nitrogen and oxygen atoms in total. The molecular formula is C20H21N3OS. The molecule has 128 valence electrons. The van der Waals surface area contributed by atoms with E-state index < -0.39 is 0 Å². The second-order valence-electron chi connectivity index (χ2n) is 5.68. The van der Waals surface area contributed by atoms with Crippen LogP contribution in [0.1, 0.15) is 19.4 Å². The van der Waals surface area contributed by atoms with Gasteiger partial charge in [0.25, 0.3) is 5.56 Å². The van der Waals surface area contributed by atoms with Crippen LogP contribution in [0.5, 0.6) is 0 Å². The molecule has 0 saturated carbocycles. The molecule has 0 atom stereocenters. The Balaban J connectivity index is 2.29. The van der Waals surface area contributed by atoms with Crippen molar-refractivity contribution in [2.75, 3.05) is 7.05 Å². The van der Waals surface area contributed by atoms with Gasteiger partial charge in [-0.05, 0) is 37.1 Å². The third-order valence-corrected chi connectivity index (χ3v) is 5.19. The minimum atomic E-state index is -0.0636. The normalized spacial score (nSPS) is 12.8. The van der Waals surface area contributed by atoms with Crippen LogP contribution >= 0.6 is 11.3 Å². The topological polar surface area (TPSA) is 46.9 Å². The van der Waals surface area contributed by atoms with Gasteiger partial charge in [0.2, 0.25) is 0 Å². The Labute approximate surface area is 150 Å². The number of rotatable bonds is 4. The van der Waals surface area contributed by atoms with Crippen LogP contribution in [0.2, 0.25) is 0 Å². The summed E-state index contributed by atoms with van der Waals surface area (Å²) in [7, 11) is 1.86. The molecule has 3 aromatic rings. The third kappa shape index (κ3) is 3.03. The fourth-order valence-corrected chi connectivity index (χ4v) is 3.82. The quantitative estimate of drug-likeness (QED) is 0.785. The molecule has 0 unspecified atom stereocenters. The molecule has 25 heavy (non-hydrogen) atoms. The maximum Gasteiger partial charge on any atom is 0.275 e. The number of fused-ring (bicyclic) bond motifs is 1. The lowest BCUT2D eigenvalue weighted by molar-refractivity contribution is 0.962. The first-order chi connectivity index (χ1) is 12.1. The fraction of sp³-hybridized carbons (Fsp3) is 0.200. The zero-order valence-corrected chi connectivity index (χ0v) is 15.5. The SMILES string of the molecule is C=c1sc2c(=O)n(-c3ccc(CC)cc3)cnc2/c1=C(/C=C\C)NC. The standard InChI is InChI=1S/C20H21N3OS/c1-5-7-16(21-4)17-13(3)25-19-18(17)22-12-23(20(19)24)15-10-8-14(6-2)9-11-15/h5,7-12,21H,3,6H2,1-2,4H3/b7-5-,17-16-. The second-order valence-corrected chi connectivity index (χ2v) is 6.79. The van der Waals surface area contributed by atoms with Crippen molar-refractivity contribution in [3.05, 3.63) is 68.4 Å². The molecule has 2 heterocycles. The predicted octanol–water partition coefficient (Wildman–Crippen LogP) is 2.32. The number of likely N-dealkylation sites (N-methyl/N-ethyl adjacent to an activating group) is 1. The van der Waals surface area contributed by atoms with E-state index in [0.717, 1.165) is 27.6 Å². The highest BCUT2D eigenvalue weighted by Crippen LogP contribution is 2.11. The van der Waals surface area contributed by atoms with Crippen LogP contribution in [0, 0.1) is 0 Å². The summed E-state index contributed by atoms with van der Waals surface area (Å²) in [5.41, 5.74) is 3.61. The zero-order valence-electron chi connectivity index (χ0n) is 14.7. The van der Waals surface area contributed by atoms with Gasteiger partial charge in [0.15, 0.2) is 0 Å². The summed E-state index contributed by atoms with van der Waals surface area (Å²) in [6, 6.07) is 7.99. The molecular weight excluding hydrogens is 330 g/mol. The van der Waals surface area contributed by atoms with E-state index in [4.69, 9.17) is 0 Å². The predicted molar refractivity (Wildman–Crippen MR) is 107 cm³/mol. The van der Waals surface area contributed by atoms with E-state index >= 15 is 0 Å². The van der Waals surface area contributed by atoms with Crippen LogP contribution < -0.4 is 20.6 Å². The van der Waals surface area contributed by atoms with Gasteiger partial charge in [-0.25, -0.2) is 4.98 Å². The minimum Gasteiger partial charge on any atom is -0.388 e. The van der Waals surface area contributed by atoms with Crippen molar-refractivity contribution < 1.29 is 0 Å². The summed E-state index contributed by atoms with van der Waals surface area (Å²) >= 11 is 1.39. The lowest BCUT2D eigenvalue weighted by atomic mass is 10.1. The van der Waals surface area contributed by atoms with Crippen LogP contribution in [0.15, 0.2) is 47.5 Å². The zero-order chi connectivity index (χ0) is 18.0. The molecule has 3 rings (SSSR count). The van der Waals surface area contributed by atoms with E-state index in [1.54, 1.807) is 10.9 Å². The van der Waals surface area contributed by atoms with Crippen molar-refractivity contribution in [2.45, 2.75) is 20.3 Å². The maximum absolute atomic E-state index is 13.0. The third-order valence-electron chi connectivity index (χ3n) is 4.17. The largest absolute Gasteiger partial charge is 0.388 e. The van der Waals surface area contributed by atoms with Gasteiger partial charge in [0.05, 0.1) is 11.2 Å². The number of nitrogens with one attached hydrogen (secondary N) is 1. The number of aromatic nitrogens is 2. The van der Waals surface area contributed by atoms with Crippen molar-refractivity contribution in [2.24, 2.45) is 0 Å². The van der Waals surface area contributed by atoms with Gasteiger partial charge in [-0.2, -0.15) is 0 Å². The summed E-state index contributed by atoms with van der Waals surface area (Å²) in [5.74, 6) is 0. The smallest absolute Gasteiger partial charge is 0.275 e. The number of benzene rings is 1. The van der Waals surface area contributed by atoms with E-state index in [0.29, 0.717) is 10.2 Å². The molecule has 5 heteroatoms. The second kappa shape index (κ2) is 7.07. The van der Waals surface area contributed by atoms with Crippen LogP contribution in [-0.2, 0) is 6.42 Å². The van der Waals surface area contributed by atoms with E-state index in [9.17, 15) is 4.79 Å². The molecule has 2 aromatic heterocycles. The van der Waals surface area contributed by atoms with Crippen molar-refractivity contribution >= 4 is 33.8 Å². The monoisotopic (exact) mass is 351 g/mol. The number of aryl methyl sites for hydroxylation is 1. The van der Waals surface area contributed by atoms with E-state index in [2.05, 4.69) is 23.8 Å². The molecule has 0 spiro atoms. The molecule has 0 fully saturated rings.